The molecule has 19 heavy (non-hydrogen) atoms. The van der Waals surface area contributed by atoms with Gasteiger partial charge in [0.25, 0.3) is 0 Å². The molecule has 0 unspecified atom stereocenters. The third-order valence-electron chi connectivity index (χ3n) is 2.37. The van der Waals surface area contributed by atoms with E-state index in [1.165, 1.54) is 11.2 Å². The topological polar surface area (TPSA) is 64.6 Å². The molecule has 1 amide bonds. The lowest BCUT2D eigenvalue weighted by molar-refractivity contribution is 0.0550. The molecule has 1 aliphatic heterocycles. The first kappa shape index (κ1) is 13.9. The number of hydrogen-bond donors (Lipinski definition) is 0. The number of carbonyl (C=O) groups is 1. The van der Waals surface area contributed by atoms with Gasteiger partial charge in [-0.05, 0) is 27.7 Å². The molecule has 0 fully saturated rings. The molecular weight excluding hydrogens is 270 g/mol. The van der Waals surface area contributed by atoms with Crippen LogP contribution < -0.4 is 9.64 Å². The standard InChI is InChI=1S/C12H16ClN3O3/c1-7-5-16(11(17)19-12(2,3)4)10-8(18-7)9(13)14-6-15-10/h6-7H,5H2,1-4H3/t7-/m0/s1. The second kappa shape index (κ2) is 4.85. The highest BCUT2D eigenvalue weighted by atomic mass is 35.5. The summed E-state index contributed by atoms with van der Waals surface area (Å²) in [7, 11) is 0. The van der Waals surface area contributed by atoms with Crippen molar-refractivity contribution in [3.05, 3.63) is 11.5 Å². The van der Waals surface area contributed by atoms with Gasteiger partial charge in [0.15, 0.2) is 16.7 Å². The molecule has 0 N–H and O–H groups in total. The molecule has 0 bridgehead atoms. The van der Waals surface area contributed by atoms with Gasteiger partial charge in [0.1, 0.15) is 18.0 Å². The number of nitrogens with zero attached hydrogens (tertiary/aromatic N) is 3. The van der Waals surface area contributed by atoms with Gasteiger partial charge < -0.3 is 9.47 Å². The summed E-state index contributed by atoms with van der Waals surface area (Å²) < 4.78 is 10.9. The Balaban J connectivity index is 2.33. The molecule has 2 rings (SSSR count). The van der Waals surface area contributed by atoms with Crippen molar-refractivity contribution in [3.63, 3.8) is 0 Å². The first-order valence-corrected chi connectivity index (χ1v) is 6.33. The average molecular weight is 286 g/mol. The third kappa shape index (κ3) is 3.07. The molecule has 2 heterocycles. The van der Waals surface area contributed by atoms with E-state index in [-0.39, 0.29) is 11.3 Å². The number of fused-ring (bicyclic) bond motifs is 1. The van der Waals surface area contributed by atoms with E-state index in [0.717, 1.165) is 0 Å². The summed E-state index contributed by atoms with van der Waals surface area (Å²) in [5.74, 6) is 0.654. The Hall–Kier alpha value is -1.56. The van der Waals surface area contributed by atoms with E-state index in [2.05, 4.69) is 9.97 Å². The Morgan fingerprint density at radius 3 is 2.84 bits per heavy atom. The number of anilines is 1. The Morgan fingerprint density at radius 1 is 1.53 bits per heavy atom. The van der Waals surface area contributed by atoms with Gasteiger partial charge in [0.2, 0.25) is 0 Å². The lowest BCUT2D eigenvalue weighted by atomic mass is 10.2. The monoisotopic (exact) mass is 285 g/mol. The zero-order valence-corrected chi connectivity index (χ0v) is 12.1. The predicted molar refractivity (Wildman–Crippen MR) is 70.7 cm³/mol. The Labute approximate surface area is 116 Å². The zero-order valence-electron chi connectivity index (χ0n) is 11.3. The first-order valence-electron chi connectivity index (χ1n) is 5.95. The maximum atomic E-state index is 12.2. The van der Waals surface area contributed by atoms with Crippen molar-refractivity contribution in [1.82, 2.24) is 9.97 Å². The number of ether oxygens (including phenoxy) is 2. The number of halogens is 1. The van der Waals surface area contributed by atoms with Gasteiger partial charge in [0.05, 0.1) is 6.54 Å². The molecule has 1 aromatic heterocycles. The molecule has 104 valence electrons. The average Bonchev–Trinajstić information content (AvgIpc) is 2.27. The zero-order chi connectivity index (χ0) is 14.2. The van der Waals surface area contributed by atoms with E-state index >= 15 is 0 Å². The fourth-order valence-corrected chi connectivity index (χ4v) is 1.87. The molecule has 0 spiro atoms. The molecule has 0 aliphatic carbocycles. The summed E-state index contributed by atoms with van der Waals surface area (Å²) >= 11 is 5.96. The number of aromatic nitrogens is 2. The normalized spacial score (nSPS) is 18.6. The predicted octanol–water partition coefficient (Wildman–Crippen LogP) is 2.65. The first-order chi connectivity index (χ1) is 8.78. The van der Waals surface area contributed by atoms with Gasteiger partial charge in [0, 0.05) is 0 Å². The maximum absolute atomic E-state index is 12.2. The quantitative estimate of drug-likeness (QED) is 0.686. The minimum absolute atomic E-state index is 0.185. The Bertz CT molecular complexity index is 501. The lowest BCUT2D eigenvalue weighted by Crippen LogP contribution is -2.45. The molecule has 0 saturated heterocycles. The van der Waals surface area contributed by atoms with Crippen molar-refractivity contribution in [2.75, 3.05) is 11.4 Å². The van der Waals surface area contributed by atoms with Crippen LogP contribution in [-0.2, 0) is 4.74 Å². The SMILES string of the molecule is C[C@H]1CN(C(=O)OC(C)(C)C)c2ncnc(Cl)c2O1. The van der Waals surface area contributed by atoms with Crippen LogP contribution in [0.3, 0.4) is 0 Å². The van der Waals surface area contributed by atoms with Crippen LogP contribution >= 0.6 is 11.6 Å². The number of amides is 1. The highest BCUT2D eigenvalue weighted by Gasteiger charge is 2.33. The van der Waals surface area contributed by atoms with Crippen LogP contribution in [0.25, 0.3) is 0 Å². The molecule has 1 aromatic rings. The van der Waals surface area contributed by atoms with Crippen LogP contribution in [0.4, 0.5) is 10.6 Å². The van der Waals surface area contributed by atoms with Gasteiger partial charge in [-0.15, -0.1) is 0 Å². The summed E-state index contributed by atoms with van der Waals surface area (Å²) in [6.07, 6.45) is 0.611. The van der Waals surface area contributed by atoms with E-state index in [9.17, 15) is 4.79 Å². The largest absolute Gasteiger partial charge is 0.482 e. The Morgan fingerprint density at radius 2 is 2.21 bits per heavy atom. The van der Waals surface area contributed by atoms with Gasteiger partial charge in [-0.1, -0.05) is 11.6 Å². The minimum atomic E-state index is -0.574. The smallest absolute Gasteiger partial charge is 0.416 e. The van der Waals surface area contributed by atoms with Crippen molar-refractivity contribution < 1.29 is 14.3 Å². The summed E-state index contributed by atoms with van der Waals surface area (Å²) in [6.45, 7) is 7.62. The van der Waals surface area contributed by atoms with E-state index in [1.807, 2.05) is 27.7 Å². The molecule has 0 radical (unpaired) electrons. The summed E-state index contributed by atoms with van der Waals surface area (Å²) in [6, 6.07) is 0. The molecule has 1 atom stereocenters. The van der Waals surface area contributed by atoms with Crippen LogP contribution in [0.2, 0.25) is 5.15 Å². The van der Waals surface area contributed by atoms with E-state index in [4.69, 9.17) is 21.1 Å². The lowest BCUT2D eigenvalue weighted by Gasteiger charge is -2.33. The molecule has 0 aromatic carbocycles. The maximum Gasteiger partial charge on any atom is 0.416 e. The van der Waals surface area contributed by atoms with Crippen LogP contribution in [0, 0.1) is 0 Å². The van der Waals surface area contributed by atoms with Crippen molar-refractivity contribution >= 4 is 23.5 Å². The third-order valence-corrected chi connectivity index (χ3v) is 2.64. The van der Waals surface area contributed by atoms with Crippen LogP contribution in [0.15, 0.2) is 6.33 Å². The number of hydrogen-bond acceptors (Lipinski definition) is 5. The van der Waals surface area contributed by atoms with E-state index < -0.39 is 11.7 Å². The summed E-state index contributed by atoms with van der Waals surface area (Å²) in [5.41, 5.74) is -0.574. The fraction of sp³-hybridized carbons (Fsp3) is 0.583. The second-order valence-corrected chi connectivity index (χ2v) is 5.69. The number of rotatable bonds is 0. The van der Waals surface area contributed by atoms with Crippen LogP contribution in [0.5, 0.6) is 5.75 Å². The van der Waals surface area contributed by atoms with Crippen molar-refractivity contribution in [2.24, 2.45) is 0 Å². The van der Waals surface area contributed by atoms with Crippen molar-refractivity contribution in [3.8, 4) is 5.75 Å². The molecule has 6 nitrogen and oxygen atoms in total. The van der Waals surface area contributed by atoms with Crippen molar-refractivity contribution in [1.29, 1.82) is 0 Å². The number of carbonyl (C=O) groups excluding carboxylic acids is 1. The molecule has 0 saturated carbocycles. The van der Waals surface area contributed by atoms with E-state index in [0.29, 0.717) is 18.1 Å². The van der Waals surface area contributed by atoms with Crippen LogP contribution in [-0.4, -0.2) is 34.3 Å². The van der Waals surface area contributed by atoms with Gasteiger partial charge in [-0.2, -0.15) is 0 Å². The molecular formula is C12H16ClN3O3. The van der Waals surface area contributed by atoms with E-state index in [1.54, 1.807) is 0 Å². The highest BCUT2D eigenvalue weighted by Crippen LogP contribution is 2.36. The Kier molecular flexibility index (Phi) is 3.54. The van der Waals surface area contributed by atoms with Gasteiger partial charge in [-0.3, -0.25) is 4.90 Å². The molecule has 1 aliphatic rings. The highest BCUT2D eigenvalue weighted by molar-refractivity contribution is 6.31. The fourth-order valence-electron chi connectivity index (χ4n) is 1.70. The van der Waals surface area contributed by atoms with Gasteiger partial charge >= 0.3 is 6.09 Å². The minimum Gasteiger partial charge on any atom is -0.482 e. The summed E-state index contributed by atoms with van der Waals surface area (Å²) in [4.78, 5) is 21.5. The molecule has 7 heteroatoms. The second-order valence-electron chi connectivity index (χ2n) is 5.34. The van der Waals surface area contributed by atoms with Gasteiger partial charge in [-0.25, -0.2) is 14.8 Å². The van der Waals surface area contributed by atoms with Crippen molar-refractivity contribution in [2.45, 2.75) is 39.4 Å². The van der Waals surface area contributed by atoms with Crippen LogP contribution in [0.1, 0.15) is 27.7 Å². The summed E-state index contributed by atoms with van der Waals surface area (Å²) in [5, 5.41) is 0.185.